The zero-order chi connectivity index (χ0) is 16.9. The number of rotatable bonds is 5. The molecule has 1 aliphatic rings. The van der Waals surface area contributed by atoms with Crippen LogP contribution in [0.4, 0.5) is 0 Å². The van der Waals surface area contributed by atoms with Gasteiger partial charge in [0.05, 0.1) is 12.3 Å². The quantitative estimate of drug-likeness (QED) is 0.918. The van der Waals surface area contributed by atoms with Gasteiger partial charge < -0.3 is 10.0 Å². The number of amides is 1. The number of carbonyl (C=O) groups excluding carboxylic acids is 1. The maximum absolute atomic E-state index is 11.9. The Bertz CT molecular complexity index is 713. The maximum atomic E-state index is 11.9. The van der Waals surface area contributed by atoms with Crippen molar-refractivity contribution in [2.75, 3.05) is 6.54 Å². The van der Waals surface area contributed by atoms with Crippen molar-refractivity contribution in [2.45, 2.75) is 45.8 Å². The van der Waals surface area contributed by atoms with E-state index in [2.05, 4.69) is 9.97 Å². The molecule has 0 bridgehead atoms. The van der Waals surface area contributed by atoms with Crippen molar-refractivity contribution in [1.82, 2.24) is 14.9 Å². The number of hydrogen-bond acceptors (Lipinski definition) is 4. The van der Waals surface area contributed by atoms with Gasteiger partial charge in [-0.2, -0.15) is 0 Å². The Morgan fingerprint density at radius 2 is 2.00 bits per heavy atom. The van der Waals surface area contributed by atoms with Gasteiger partial charge in [0.1, 0.15) is 5.82 Å². The van der Waals surface area contributed by atoms with Crippen molar-refractivity contribution in [3.63, 3.8) is 0 Å². The number of hydrogen-bond donors (Lipinski definition) is 1. The van der Waals surface area contributed by atoms with Crippen molar-refractivity contribution in [3.05, 3.63) is 47.4 Å². The van der Waals surface area contributed by atoms with Crippen LogP contribution in [0.25, 0.3) is 11.3 Å². The number of benzene rings is 1. The predicted octanol–water partition coefficient (Wildman–Crippen LogP) is 2.71. The average Bonchev–Trinajstić information content (AvgIpc) is 2.63. The predicted molar refractivity (Wildman–Crippen MR) is 92.0 cm³/mol. The zero-order valence-electron chi connectivity index (χ0n) is 14.0. The first kappa shape index (κ1) is 16.6. The molecule has 3 rings (SSSR count). The highest BCUT2D eigenvalue weighted by Gasteiger charge is 2.18. The standard InChI is InChI=1S/C19H23N3O2/c1-2-17-20-11-16(13-23)19(21-17)15-8-6-14(7-9-15)12-22-10-4-3-5-18(22)24/h6-9,11,23H,2-5,10,12-13H2,1H3. The highest BCUT2D eigenvalue weighted by atomic mass is 16.3. The Balaban J connectivity index is 1.80. The molecule has 0 aliphatic carbocycles. The topological polar surface area (TPSA) is 66.3 Å². The normalized spacial score (nSPS) is 14.9. The van der Waals surface area contributed by atoms with Gasteiger partial charge in [0, 0.05) is 43.3 Å². The van der Waals surface area contributed by atoms with Crippen LogP contribution in [0.5, 0.6) is 0 Å². The Labute approximate surface area is 142 Å². The van der Waals surface area contributed by atoms with E-state index >= 15 is 0 Å². The summed E-state index contributed by atoms with van der Waals surface area (Å²) in [4.78, 5) is 22.6. The van der Waals surface area contributed by atoms with Crippen LogP contribution in [-0.2, 0) is 24.4 Å². The number of piperidine rings is 1. The van der Waals surface area contributed by atoms with Crippen LogP contribution in [0.3, 0.4) is 0 Å². The second kappa shape index (κ2) is 7.53. The lowest BCUT2D eigenvalue weighted by Gasteiger charge is -2.26. The van der Waals surface area contributed by atoms with Crippen molar-refractivity contribution in [3.8, 4) is 11.3 Å². The number of aliphatic hydroxyl groups is 1. The van der Waals surface area contributed by atoms with Gasteiger partial charge in [-0.05, 0) is 18.4 Å². The molecule has 1 aromatic heterocycles. The first-order valence-electron chi connectivity index (χ1n) is 8.54. The van der Waals surface area contributed by atoms with Gasteiger partial charge in [0.2, 0.25) is 5.91 Å². The van der Waals surface area contributed by atoms with Crippen LogP contribution in [-0.4, -0.2) is 32.4 Å². The van der Waals surface area contributed by atoms with Crippen molar-refractivity contribution in [1.29, 1.82) is 0 Å². The fourth-order valence-corrected chi connectivity index (χ4v) is 3.00. The van der Waals surface area contributed by atoms with Gasteiger partial charge in [-0.1, -0.05) is 31.2 Å². The third-order valence-electron chi connectivity index (χ3n) is 4.42. The molecule has 126 valence electrons. The second-order valence-electron chi connectivity index (χ2n) is 6.14. The molecule has 5 heteroatoms. The van der Waals surface area contributed by atoms with Gasteiger partial charge in [-0.25, -0.2) is 9.97 Å². The summed E-state index contributed by atoms with van der Waals surface area (Å²) in [5, 5.41) is 9.52. The molecule has 1 N–H and O–H groups in total. The first-order valence-corrected chi connectivity index (χ1v) is 8.54. The SMILES string of the molecule is CCc1ncc(CO)c(-c2ccc(CN3CCCCC3=O)cc2)n1. The second-order valence-corrected chi connectivity index (χ2v) is 6.14. The molecule has 1 aliphatic heterocycles. The number of nitrogens with zero attached hydrogens (tertiary/aromatic N) is 3. The Morgan fingerprint density at radius 1 is 1.21 bits per heavy atom. The zero-order valence-corrected chi connectivity index (χ0v) is 14.0. The van der Waals surface area contributed by atoms with E-state index in [9.17, 15) is 9.90 Å². The van der Waals surface area contributed by atoms with Gasteiger partial charge >= 0.3 is 0 Å². The molecule has 0 radical (unpaired) electrons. The number of aromatic nitrogens is 2. The summed E-state index contributed by atoms with van der Waals surface area (Å²) in [6, 6.07) is 8.08. The molecule has 0 unspecified atom stereocenters. The van der Waals surface area contributed by atoms with Crippen LogP contribution in [0.15, 0.2) is 30.5 Å². The highest BCUT2D eigenvalue weighted by Crippen LogP contribution is 2.23. The van der Waals surface area contributed by atoms with Crippen LogP contribution < -0.4 is 0 Å². The molecular weight excluding hydrogens is 302 g/mol. The van der Waals surface area contributed by atoms with E-state index in [1.165, 1.54) is 0 Å². The first-order chi connectivity index (χ1) is 11.7. The summed E-state index contributed by atoms with van der Waals surface area (Å²) in [6.07, 6.45) is 5.21. The summed E-state index contributed by atoms with van der Waals surface area (Å²) in [6.45, 7) is 3.44. The molecule has 1 saturated heterocycles. The average molecular weight is 325 g/mol. The summed E-state index contributed by atoms with van der Waals surface area (Å²) in [7, 11) is 0. The van der Waals surface area contributed by atoms with E-state index in [0.29, 0.717) is 13.0 Å². The van der Waals surface area contributed by atoms with E-state index in [1.54, 1.807) is 6.20 Å². The summed E-state index contributed by atoms with van der Waals surface area (Å²) >= 11 is 0. The minimum absolute atomic E-state index is 0.0800. The maximum Gasteiger partial charge on any atom is 0.222 e. The smallest absolute Gasteiger partial charge is 0.222 e. The van der Waals surface area contributed by atoms with Crippen LogP contribution in [0.2, 0.25) is 0 Å². The summed E-state index contributed by atoms with van der Waals surface area (Å²) in [5.74, 6) is 1.02. The summed E-state index contributed by atoms with van der Waals surface area (Å²) in [5.41, 5.74) is 3.59. The van der Waals surface area contributed by atoms with E-state index in [1.807, 2.05) is 36.1 Å². The minimum atomic E-state index is -0.0800. The van der Waals surface area contributed by atoms with Gasteiger partial charge in [-0.15, -0.1) is 0 Å². The minimum Gasteiger partial charge on any atom is -0.392 e. The van der Waals surface area contributed by atoms with Crippen LogP contribution >= 0.6 is 0 Å². The Morgan fingerprint density at radius 3 is 2.67 bits per heavy atom. The molecule has 0 atom stereocenters. The van der Waals surface area contributed by atoms with E-state index in [0.717, 1.165) is 54.0 Å². The molecule has 1 fully saturated rings. The number of aryl methyl sites for hydroxylation is 1. The molecule has 2 aromatic rings. The van der Waals surface area contributed by atoms with E-state index in [-0.39, 0.29) is 12.5 Å². The molecule has 1 aromatic carbocycles. The van der Waals surface area contributed by atoms with E-state index < -0.39 is 0 Å². The molecule has 2 heterocycles. The lowest BCUT2D eigenvalue weighted by atomic mass is 10.0. The van der Waals surface area contributed by atoms with Crippen molar-refractivity contribution in [2.24, 2.45) is 0 Å². The fraction of sp³-hybridized carbons (Fsp3) is 0.421. The molecule has 0 saturated carbocycles. The monoisotopic (exact) mass is 325 g/mol. The number of aliphatic hydroxyl groups excluding tert-OH is 1. The number of carbonyl (C=O) groups is 1. The molecule has 24 heavy (non-hydrogen) atoms. The third-order valence-corrected chi connectivity index (χ3v) is 4.42. The van der Waals surface area contributed by atoms with Crippen molar-refractivity contribution >= 4 is 5.91 Å². The Kier molecular flexibility index (Phi) is 5.20. The van der Waals surface area contributed by atoms with Crippen LogP contribution in [0, 0.1) is 0 Å². The summed E-state index contributed by atoms with van der Waals surface area (Å²) < 4.78 is 0. The number of likely N-dealkylation sites (tertiary alicyclic amines) is 1. The van der Waals surface area contributed by atoms with Crippen LogP contribution in [0.1, 0.15) is 43.1 Å². The third kappa shape index (κ3) is 3.62. The molecule has 5 nitrogen and oxygen atoms in total. The largest absolute Gasteiger partial charge is 0.392 e. The Hall–Kier alpha value is -2.27. The van der Waals surface area contributed by atoms with Gasteiger partial charge in [0.15, 0.2) is 0 Å². The van der Waals surface area contributed by atoms with Gasteiger partial charge in [-0.3, -0.25) is 4.79 Å². The van der Waals surface area contributed by atoms with Gasteiger partial charge in [0.25, 0.3) is 0 Å². The van der Waals surface area contributed by atoms with Crippen molar-refractivity contribution < 1.29 is 9.90 Å². The molecular formula is C19H23N3O2. The lowest BCUT2D eigenvalue weighted by Crippen LogP contribution is -2.34. The lowest BCUT2D eigenvalue weighted by molar-refractivity contribution is -0.133. The fourth-order valence-electron chi connectivity index (χ4n) is 3.00. The molecule has 0 spiro atoms. The highest BCUT2D eigenvalue weighted by molar-refractivity contribution is 5.76. The van der Waals surface area contributed by atoms with E-state index in [4.69, 9.17) is 0 Å². The molecule has 1 amide bonds.